The summed E-state index contributed by atoms with van der Waals surface area (Å²) in [4.78, 5) is 25.9. The first-order valence-corrected chi connectivity index (χ1v) is 8.64. The highest BCUT2D eigenvalue weighted by molar-refractivity contribution is 5.95. The Morgan fingerprint density at radius 3 is 2.04 bits per heavy atom. The largest absolute Gasteiger partial charge is 0.435 e. The van der Waals surface area contributed by atoms with Crippen molar-refractivity contribution in [2.75, 3.05) is 30.8 Å². The summed E-state index contributed by atoms with van der Waals surface area (Å²) in [6, 6.07) is 11.3. The number of alkyl halides is 2. The Morgan fingerprint density at radius 2 is 1.50 bits per heavy atom. The molecule has 0 aliphatic rings. The monoisotopic (exact) mass is 391 g/mol. The van der Waals surface area contributed by atoms with E-state index in [0.717, 1.165) is 16.8 Å². The molecule has 0 saturated heterocycles. The van der Waals surface area contributed by atoms with Crippen LogP contribution < -0.4 is 15.4 Å². The molecule has 2 N–H and O–H groups in total. The molecule has 0 fully saturated rings. The van der Waals surface area contributed by atoms with Crippen LogP contribution in [0.5, 0.6) is 5.75 Å². The molecule has 0 spiro atoms. The zero-order chi connectivity index (χ0) is 20.7. The molecule has 0 aliphatic heterocycles. The van der Waals surface area contributed by atoms with Gasteiger partial charge in [0, 0.05) is 11.4 Å². The van der Waals surface area contributed by atoms with E-state index >= 15 is 0 Å². The molecule has 150 valence electrons. The third-order valence-corrected chi connectivity index (χ3v) is 3.94. The molecule has 28 heavy (non-hydrogen) atoms. The average Bonchev–Trinajstić information content (AvgIpc) is 2.59. The number of amides is 2. The van der Waals surface area contributed by atoms with Crippen LogP contribution >= 0.6 is 0 Å². The van der Waals surface area contributed by atoms with Gasteiger partial charge in [-0.05, 0) is 56.3 Å². The van der Waals surface area contributed by atoms with Crippen LogP contribution in [0.4, 0.5) is 20.2 Å². The van der Waals surface area contributed by atoms with Gasteiger partial charge in [-0.3, -0.25) is 14.5 Å². The van der Waals surface area contributed by atoms with Crippen molar-refractivity contribution < 1.29 is 23.1 Å². The lowest BCUT2D eigenvalue weighted by molar-refractivity contribution is -0.119. The number of hydrogen-bond donors (Lipinski definition) is 2. The van der Waals surface area contributed by atoms with Crippen molar-refractivity contribution in [3.05, 3.63) is 53.6 Å². The van der Waals surface area contributed by atoms with Crippen molar-refractivity contribution in [3.8, 4) is 5.75 Å². The SMILES string of the molecule is Cc1cccc(C)c1NC(=O)CN(C)CC(=O)Nc1ccc(OC(F)F)cc1. The van der Waals surface area contributed by atoms with Gasteiger partial charge in [0.25, 0.3) is 0 Å². The quantitative estimate of drug-likeness (QED) is 0.724. The Labute approximate surface area is 162 Å². The predicted octanol–water partition coefficient (Wildman–Crippen LogP) is 3.41. The average molecular weight is 391 g/mol. The fraction of sp³-hybridized carbons (Fsp3) is 0.300. The van der Waals surface area contributed by atoms with Crippen molar-refractivity contribution in [2.45, 2.75) is 20.5 Å². The second kappa shape index (κ2) is 9.80. The predicted molar refractivity (Wildman–Crippen MR) is 104 cm³/mol. The Bertz CT molecular complexity index is 806. The molecular weight excluding hydrogens is 368 g/mol. The molecule has 0 atom stereocenters. The molecule has 2 amide bonds. The van der Waals surface area contributed by atoms with E-state index in [1.807, 2.05) is 32.0 Å². The molecule has 0 aromatic heterocycles. The van der Waals surface area contributed by atoms with E-state index in [4.69, 9.17) is 0 Å². The van der Waals surface area contributed by atoms with Crippen molar-refractivity contribution in [1.29, 1.82) is 0 Å². The minimum atomic E-state index is -2.90. The van der Waals surface area contributed by atoms with E-state index in [1.54, 1.807) is 11.9 Å². The number of nitrogens with zero attached hydrogens (tertiary/aromatic N) is 1. The molecule has 2 rings (SSSR count). The smallest absolute Gasteiger partial charge is 0.387 e. The number of carbonyl (C=O) groups is 2. The summed E-state index contributed by atoms with van der Waals surface area (Å²) in [5, 5.41) is 5.51. The van der Waals surface area contributed by atoms with Gasteiger partial charge in [-0.1, -0.05) is 18.2 Å². The number of nitrogens with one attached hydrogen (secondary N) is 2. The molecule has 6 nitrogen and oxygen atoms in total. The Morgan fingerprint density at radius 1 is 0.964 bits per heavy atom. The summed E-state index contributed by atoms with van der Waals surface area (Å²) >= 11 is 0. The first kappa shape index (κ1) is 21.3. The van der Waals surface area contributed by atoms with Gasteiger partial charge in [-0.25, -0.2) is 0 Å². The second-order valence-electron chi connectivity index (χ2n) is 6.44. The van der Waals surface area contributed by atoms with Crippen molar-refractivity contribution in [1.82, 2.24) is 4.90 Å². The number of rotatable bonds is 8. The summed E-state index contributed by atoms with van der Waals surface area (Å²) in [6.07, 6.45) is 0. The number of carbonyl (C=O) groups excluding carboxylic acids is 2. The first-order chi connectivity index (χ1) is 13.2. The molecule has 2 aromatic rings. The topological polar surface area (TPSA) is 70.7 Å². The molecule has 2 aromatic carbocycles. The maximum Gasteiger partial charge on any atom is 0.387 e. The maximum atomic E-state index is 12.2. The number of para-hydroxylation sites is 1. The number of anilines is 2. The highest BCUT2D eigenvalue weighted by Gasteiger charge is 2.13. The van der Waals surface area contributed by atoms with E-state index in [9.17, 15) is 18.4 Å². The lowest BCUT2D eigenvalue weighted by atomic mass is 10.1. The number of likely N-dealkylation sites (N-methyl/N-ethyl adjacent to an activating group) is 1. The maximum absolute atomic E-state index is 12.2. The Kier molecular flexibility index (Phi) is 7.45. The number of aryl methyl sites for hydroxylation is 2. The van der Waals surface area contributed by atoms with Gasteiger partial charge in [0.05, 0.1) is 13.1 Å². The van der Waals surface area contributed by atoms with E-state index in [-0.39, 0.29) is 30.7 Å². The van der Waals surface area contributed by atoms with Crippen LogP contribution in [0.2, 0.25) is 0 Å². The molecule has 8 heteroatoms. The second-order valence-corrected chi connectivity index (χ2v) is 6.44. The third-order valence-electron chi connectivity index (χ3n) is 3.94. The number of ether oxygens (including phenoxy) is 1. The summed E-state index contributed by atoms with van der Waals surface area (Å²) < 4.78 is 28.5. The zero-order valence-electron chi connectivity index (χ0n) is 16.0. The van der Waals surface area contributed by atoms with Gasteiger partial charge >= 0.3 is 6.61 Å². The van der Waals surface area contributed by atoms with Crippen LogP contribution in [-0.2, 0) is 9.59 Å². The zero-order valence-corrected chi connectivity index (χ0v) is 16.0. The normalized spacial score (nSPS) is 10.8. The Balaban J connectivity index is 1.82. The summed E-state index contributed by atoms with van der Waals surface area (Å²) in [5.41, 5.74) is 3.15. The van der Waals surface area contributed by atoms with Crippen molar-refractivity contribution >= 4 is 23.2 Å². The molecule has 0 aliphatic carbocycles. The molecule has 0 saturated carbocycles. The number of halogens is 2. The highest BCUT2D eigenvalue weighted by Crippen LogP contribution is 2.19. The standard InChI is InChI=1S/C20H23F2N3O3/c1-13-5-4-6-14(2)19(13)24-18(27)12-25(3)11-17(26)23-15-7-9-16(10-8-15)28-20(21)22/h4-10,20H,11-12H2,1-3H3,(H,23,26)(H,24,27). The van der Waals surface area contributed by atoms with Gasteiger partial charge in [-0.2, -0.15) is 8.78 Å². The minimum absolute atomic E-state index is 0.00450. The van der Waals surface area contributed by atoms with Crippen LogP contribution in [-0.4, -0.2) is 43.5 Å². The lowest BCUT2D eigenvalue weighted by Gasteiger charge is -2.17. The van der Waals surface area contributed by atoms with Gasteiger partial charge in [0.2, 0.25) is 11.8 Å². The van der Waals surface area contributed by atoms with E-state index in [2.05, 4.69) is 15.4 Å². The Hall–Kier alpha value is -3.00. The van der Waals surface area contributed by atoms with E-state index in [0.29, 0.717) is 5.69 Å². The molecule has 0 radical (unpaired) electrons. The van der Waals surface area contributed by atoms with Crippen LogP contribution in [0.25, 0.3) is 0 Å². The van der Waals surface area contributed by atoms with Crippen molar-refractivity contribution in [2.24, 2.45) is 0 Å². The fourth-order valence-electron chi connectivity index (χ4n) is 2.66. The van der Waals surface area contributed by atoms with Crippen LogP contribution in [0.1, 0.15) is 11.1 Å². The number of benzene rings is 2. The lowest BCUT2D eigenvalue weighted by Crippen LogP contribution is -2.36. The minimum Gasteiger partial charge on any atom is -0.435 e. The molecule has 0 bridgehead atoms. The summed E-state index contributed by atoms with van der Waals surface area (Å²) in [6.45, 7) is 0.968. The van der Waals surface area contributed by atoms with E-state index < -0.39 is 6.61 Å². The van der Waals surface area contributed by atoms with E-state index in [1.165, 1.54) is 24.3 Å². The van der Waals surface area contributed by atoms with Crippen molar-refractivity contribution in [3.63, 3.8) is 0 Å². The number of hydrogen-bond acceptors (Lipinski definition) is 4. The van der Waals surface area contributed by atoms with Gasteiger partial charge in [0.1, 0.15) is 5.75 Å². The summed E-state index contributed by atoms with van der Waals surface area (Å²) in [5.74, 6) is -0.542. The third kappa shape index (κ3) is 6.62. The first-order valence-electron chi connectivity index (χ1n) is 8.64. The molecular formula is C20H23F2N3O3. The van der Waals surface area contributed by atoms with Gasteiger partial charge < -0.3 is 15.4 Å². The van der Waals surface area contributed by atoms with Crippen LogP contribution in [0.15, 0.2) is 42.5 Å². The van der Waals surface area contributed by atoms with Crippen LogP contribution in [0, 0.1) is 13.8 Å². The van der Waals surface area contributed by atoms with Gasteiger partial charge in [-0.15, -0.1) is 0 Å². The molecule has 0 heterocycles. The molecule has 0 unspecified atom stereocenters. The summed E-state index contributed by atoms with van der Waals surface area (Å²) in [7, 11) is 1.66. The fourth-order valence-corrected chi connectivity index (χ4v) is 2.66. The van der Waals surface area contributed by atoms with Gasteiger partial charge in [0.15, 0.2) is 0 Å². The highest BCUT2D eigenvalue weighted by atomic mass is 19.3. The van der Waals surface area contributed by atoms with Crippen LogP contribution in [0.3, 0.4) is 0 Å².